The van der Waals surface area contributed by atoms with E-state index in [4.69, 9.17) is 34.8 Å². The first-order valence-electron chi connectivity index (χ1n) is 7.29. The fourth-order valence-corrected chi connectivity index (χ4v) is 3.56. The summed E-state index contributed by atoms with van der Waals surface area (Å²) in [5.41, 5.74) is 2.14. The summed E-state index contributed by atoms with van der Waals surface area (Å²) >= 11 is 17.8. The molecule has 0 aliphatic rings. The van der Waals surface area contributed by atoms with Gasteiger partial charge in [0.2, 0.25) is 10.0 Å². The first-order valence-corrected chi connectivity index (χ1v) is 10.3. The molecule has 0 aliphatic carbocycles. The third kappa shape index (κ3) is 5.55. The molecular formula is C16H13Cl3FN3O3S. The van der Waals surface area contributed by atoms with Gasteiger partial charge in [-0.05, 0) is 24.3 Å². The van der Waals surface area contributed by atoms with E-state index in [2.05, 4.69) is 10.5 Å². The minimum absolute atomic E-state index is 0.0148. The SMILES string of the molecule is CS(=O)(=O)N(CC(=O)NN=Cc1c(F)cccc1Cl)c1cccc(Cl)c1Cl. The predicted molar refractivity (Wildman–Crippen MR) is 106 cm³/mol. The summed E-state index contributed by atoms with van der Waals surface area (Å²) in [4.78, 5) is 12.1. The van der Waals surface area contributed by atoms with Gasteiger partial charge in [0.25, 0.3) is 5.91 Å². The molecule has 2 aromatic rings. The van der Waals surface area contributed by atoms with Crippen LogP contribution in [0.4, 0.5) is 10.1 Å². The molecule has 0 unspecified atom stereocenters. The van der Waals surface area contributed by atoms with Crippen molar-refractivity contribution < 1.29 is 17.6 Å². The molecule has 1 N–H and O–H groups in total. The number of carbonyl (C=O) groups is 1. The molecule has 6 nitrogen and oxygen atoms in total. The number of amides is 1. The van der Waals surface area contributed by atoms with Crippen LogP contribution in [0.25, 0.3) is 0 Å². The Bertz CT molecular complexity index is 979. The van der Waals surface area contributed by atoms with Gasteiger partial charge in [-0.2, -0.15) is 5.10 Å². The van der Waals surface area contributed by atoms with Gasteiger partial charge in [-0.25, -0.2) is 18.2 Å². The zero-order chi connectivity index (χ0) is 20.2. The van der Waals surface area contributed by atoms with Crippen molar-refractivity contribution in [3.63, 3.8) is 0 Å². The molecule has 0 radical (unpaired) electrons. The zero-order valence-electron chi connectivity index (χ0n) is 13.8. The van der Waals surface area contributed by atoms with Gasteiger partial charge in [0.1, 0.15) is 12.4 Å². The van der Waals surface area contributed by atoms with E-state index < -0.39 is 28.3 Å². The maximum absolute atomic E-state index is 13.6. The second kappa shape index (κ2) is 8.88. The lowest BCUT2D eigenvalue weighted by Crippen LogP contribution is -2.39. The third-order valence-corrected chi connectivity index (χ3v) is 5.54. The fourth-order valence-electron chi connectivity index (χ4n) is 2.03. The van der Waals surface area contributed by atoms with Crippen molar-refractivity contribution in [2.75, 3.05) is 17.1 Å². The Morgan fingerprint density at radius 1 is 1.19 bits per heavy atom. The van der Waals surface area contributed by atoms with Gasteiger partial charge < -0.3 is 0 Å². The number of hydrogen-bond donors (Lipinski definition) is 1. The molecule has 0 atom stereocenters. The first kappa shape index (κ1) is 21.4. The van der Waals surface area contributed by atoms with Gasteiger partial charge in [0.05, 0.1) is 33.2 Å². The maximum atomic E-state index is 13.6. The summed E-state index contributed by atoms with van der Waals surface area (Å²) in [7, 11) is -3.85. The number of hydrazone groups is 1. The summed E-state index contributed by atoms with van der Waals surface area (Å²) in [5.74, 6) is -1.40. The average molecular weight is 453 g/mol. The normalized spacial score (nSPS) is 11.6. The minimum Gasteiger partial charge on any atom is -0.271 e. The van der Waals surface area contributed by atoms with Crippen LogP contribution in [0.5, 0.6) is 0 Å². The Kier molecular flexibility index (Phi) is 7.05. The molecule has 0 saturated heterocycles. The van der Waals surface area contributed by atoms with E-state index in [1.165, 1.54) is 36.4 Å². The molecule has 1 amide bonds. The zero-order valence-corrected chi connectivity index (χ0v) is 16.9. The van der Waals surface area contributed by atoms with Gasteiger partial charge in [-0.3, -0.25) is 9.10 Å². The molecule has 0 spiro atoms. The molecule has 2 aromatic carbocycles. The number of benzene rings is 2. The molecule has 144 valence electrons. The second-order valence-corrected chi connectivity index (χ2v) is 8.37. The number of anilines is 1. The Morgan fingerprint density at radius 3 is 2.44 bits per heavy atom. The first-order chi connectivity index (χ1) is 12.6. The monoisotopic (exact) mass is 451 g/mol. The molecule has 0 fully saturated rings. The van der Waals surface area contributed by atoms with Crippen molar-refractivity contribution in [3.05, 3.63) is 62.8 Å². The van der Waals surface area contributed by atoms with Crippen LogP contribution in [0.3, 0.4) is 0 Å². The molecule has 2 rings (SSSR count). The van der Waals surface area contributed by atoms with E-state index >= 15 is 0 Å². The number of rotatable bonds is 6. The molecule has 0 bridgehead atoms. The Hall–Kier alpha value is -1.87. The van der Waals surface area contributed by atoms with Crippen molar-refractivity contribution in [1.29, 1.82) is 0 Å². The number of nitrogens with zero attached hydrogens (tertiary/aromatic N) is 2. The van der Waals surface area contributed by atoms with Crippen LogP contribution in [0.1, 0.15) is 5.56 Å². The molecule has 0 heterocycles. The van der Waals surface area contributed by atoms with E-state index in [0.29, 0.717) is 0 Å². The van der Waals surface area contributed by atoms with Crippen LogP contribution in [0, 0.1) is 5.82 Å². The van der Waals surface area contributed by atoms with Crippen LogP contribution in [-0.2, 0) is 14.8 Å². The van der Waals surface area contributed by atoms with Crippen LogP contribution in [0.2, 0.25) is 15.1 Å². The Labute approximate surface area is 170 Å². The van der Waals surface area contributed by atoms with Crippen molar-refractivity contribution in [2.24, 2.45) is 5.10 Å². The number of hydrogen-bond acceptors (Lipinski definition) is 4. The lowest BCUT2D eigenvalue weighted by Gasteiger charge is -2.22. The van der Waals surface area contributed by atoms with Crippen LogP contribution in [-0.4, -0.2) is 33.3 Å². The highest BCUT2D eigenvalue weighted by atomic mass is 35.5. The number of sulfonamides is 1. The highest BCUT2D eigenvalue weighted by Gasteiger charge is 2.23. The van der Waals surface area contributed by atoms with Crippen LogP contribution in [0.15, 0.2) is 41.5 Å². The van der Waals surface area contributed by atoms with Gasteiger partial charge in [-0.15, -0.1) is 0 Å². The third-order valence-electron chi connectivity index (χ3n) is 3.27. The summed E-state index contributed by atoms with van der Waals surface area (Å²) < 4.78 is 38.5. The van der Waals surface area contributed by atoms with Crippen molar-refractivity contribution >= 4 is 62.6 Å². The number of carbonyl (C=O) groups excluding carboxylic acids is 1. The maximum Gasteiger partial charge on any atom is 0.260 e. The number of halogens is 4. The van der Waals surface area contributed by atoms with Crippen molar-refractivity contribution in [3.8, 4) is 0 Å². The highest BCUT2D eigenvalue weighted by molar-refractivity contribution is 7.92. The Morgan fingerprint density at radius 2 is 1.81 bits per heavy atom. The second-order valence-electron chi connectivity index (χ2n) is 5.27. The topological polar surface area (TPSA) is 78.8 Å². The number of nitrogens with one attached hydrogen (secondary N) is 1. The van der Waals surface area contributed by atoms with Gasteiger partial charge >= 0.3 is 0 Å². The van der Waals surface area contributed by atoms with E-state index in [1.54, 1.807) is 0 Å². The quantitative estimate of drug-likeness (QED) is 0.536. The minimum atomic E-state index is -3.85. The summed E-state index contributed by atoms with van der Waals surface area (Å²) in [6.07, 6.45) is 1.94. The lowest BCUT2D eigenvalue weighted by atomic mass is 10.2. The van der Waals surface area contributed by atoms with Crippen LogP contribution < -0.4 is 9.73 Å². The van der Waals surface area contributed by atoms with Crippen molar-refractivity contribution in [2.45, 2.75) is 0 Å². The molecule has 11 heteroatoms. The lowest BCUT2D eigenvalue weighted by molar-refractivity contribution is -0.119. The Balaban J connectivity index is 2.18. The van der Waals surface area contributed by atoms with E-state index in [-0.39, 0.29) is 26.3 Å². The standard InChI is InChI=1S/C16H13Cl3FN3O3S/c1-27(25,26)23(14-7-3-5-12(18)16(14)19)9-15(24)22-21-8-10-11(17)4-2-6-13(10)20/h2-8H,9H2,1H3,(H,22,24). The molecule has 0 aliphatic heterocycles. The molecule has 0 aromatic heterocycles. The van der Waals surface area contributed by atoms with Gasteiger partial charge in [-0.1, -0.05) is 46.9 Å². The average Bonchev–Trinajstić information content (AvgIpc) is 2.57. The predicted octanol–water partition coefficient (Wildman–Crippen LogP) is 3.70. The van der Waals surface area contributed by atoms with E-state index in [1.807, 2.05) is 0 Å². The van der Waals surface area contributed by atoms with Crippen molar-refractivity contribution in [1.82, 2.24) is 5.43 Å². The summed E-state index contributed by atoms with van der Waals surface area (Å²) in [6, 6.07) is 8.45. The molecular weight excluding hydrogens is 440 g/mol. The van der Waals surface area contributed by atoms with Gasteiger partial charge in [0.15, 0.2) is 0 Å². The van der Waals surface area contributed by atoms with Crippen LogP contribution >= 0.6 is 34.8 Å². The largest absolute Gasteiger partial charge is 0.271 e. The fraction of sp³-hybridized carbons (Fsp3) is 0.125. The highest BCUT2D eigenvalue weighted by Crippen LogP contribution is 2.33. The molecule has 27 heavy (non-hydrogen) atoms. The molecule has 0 saturated carbocycles. The van der Waals surface area contributed by atoms with E-state index in [0.717, 1.165) is 16.8 Å². The smallest absolute Gasteiger partial charge is 0.260 e. The summed E-state index contributed by atoms with van der Waals surface area (Å²) in [5, 5.41) is 3.83. The van der Waals surface area contributed by atoms with E-state index in [9.17, 15) is 17.6 Å². The summed E-state index contributed by atoms with van der Waals surface area (Å²) in [6.45, 7) is -0.610. The van der Waals surface area contributed by atoms with Gasteiger partial charge in [0, 0.05) is 5.56 Å².